The summed E-state index contributed by atoms with van der Waals surface area (Å²) in [6, 6.07) is 7.69. The molecule has 0 saturated carbocycles. The number of benzene rings is 1. The zero-order valence-corrected chi connectivity index (χ0v) is 10.7. The van der Waals surface area contributed by atoms with E-state index >= 15 is 0 Å². The molecule has 0 spiro atoms. The van der Waals surface area contributed by atoms with Gasteiger partial charge in [-0.05, 0) is 24.6 Å². The molecule has 0 unspecified atom stereocenters. The Morgan fingerprint density at radius 1 is 1.42 bits per heavy atom. The molecule has 0 fully saturated rings. The van der Waals surface area contributed by atoms with Crippen LogP contribution in [0.3, 0.4) is 0 Å². The Kier molecular flexibility index (Phi) is 4.63. The molecule has 0 aliphatic carbocycles. The molecule has 1 aromatic carbocycles. The molecule has 100 valence electrons. The molecule has 0 radical (unpaired) electrons. The third kappa shape index (κ3) is 4.51. The first-order chi connectivity index (χ1) is 9.24. The molecule has 6 heteroatoms. The van der Waals surface area contributed by atoms with Crippen LogP contribution in [0, 0.1) is 6.92 Å². The van der Waals surface area contributed by atoms with Gasteiger partial charge in [0.05, 0.1) is 6.54 Å². The van der Waals surface area contributed by atoms with E-state index in [4.69, 9.17) is 0 Å². The van der Waals surface area contributed by atoms with Crippen LogP contribution in [0.5, 0.6) is 0 Å². The average molecular weight is 260 g/mol. The lowest BCUT2D eigenvalue weighted by Crippen LogP contribution is -2.29. The average Bonchev–Trinajstić information content (AvgIpc) is 2.88. The summed E-state index contributed by atoms with van der Waals surface area (Å²) < 4.78 is 4.61. The molecule has 0 saturated heterocycles. The second-order valence-corrected chi connectivity index (χ2v) is 4.19. The normalized spacial score (nSPS) is 10.4. The summed E-state index contributed by atoms with van der Waals surface area (Å²) in [5.74, 6) is 0.560. The van der Waals surface area contributed by atoms with Crippen molar-refractivity contribution in [3.8, 4) is 0 Å². The number of hydrogen-bond acceptors (Lipinski definition) is 5. The van der Waals surface area contributed by atoms with Crippen LogP contribution in [0.1, 0.15) is 11.4 Å². The summed E-state index contributed by atoms with van der Waals surface area (Å²) in [4.78, 5) is 15.6. The maximum Gasteiger partial charge on any atom is 0.238 e. The Labute approximate surface area is 111 Å². The van der Waals surface area contributed by atoms with Crippen molar-refractivity contribution in [3.63, 3.8) is 0 Å². The van der Waals surface area contributed by atoms with E-state index in [9.17, 15) is 4.79 Å². The second-order valence-electron chi connectivity index (χ2n) is 4.19. The molecular weight excluding hydrogens is 244 g/mol. The van der Waals surface area contributed by atoms with E-state index in [1.54, 1.807) is 0 Å². The Balaban J connectivity index is 1.67. The third-order valence-corrected chi connectivity index (χ3v) is 2.52. The number of nitrogens with one attached hydrogen (secondary N) is 2. The molecule has 1 amide bonds. The van der Waals surface area contributed by atoms with Crippen molar-refractivity contribution in [1.29, 1.82) is 0 Å². The van der Waals surface area contributed by atoms with E-state index < -0.39 is 0 Å². The quantitative estimate of drug-likeness (QED) is 0.761. The Morgan fingerprint density at radius 3 is 3.05 bits per heavy atom. The van der Waals surface area contributed by atoms with E-state index in [2.05, 4.69) is 25.3 Å². The maximum absolute atomic E-state index is 11.7. The fourth-order valence-corrected chi connectivity index (χ4v) is 1.63. The maximum atomic E-state index is 11.7. The molecule has 1 heterocycles. The van der Waals surface area contributed by atoms with Crippen molar-refractivity contribution in [3.05, 3.63) is 42.0 Å². The van der Waals surface area contributed by atoms with Gasteiger partial charge >= 0.3 is 0 Å². The predicted octanol–water partition coefficient (Wildman–Crippen LogP) is 1.15. The van der Waals surface area contributed by atoms with Crippen LogP contribution in [0.15, 0.2) is 35.2 Å². The summed E-state index contributed by atoms with van der Waals surface area (Å²) in [5, 5.41) is 9.53. The standard InChI is InChI=1S/C13H16N4O2/c1-10-3-2-4-11(7-10)16-13(18)8-14-6-5-12-15-9-19-17-12/h2-4,7,9,14H,5-6,8H2,1H3,(H,16,18). The highest BCUT2D eigenvalue weighted by Crippen LogP contribution is 2.08. The molecule has 0 aliphatic heterocycles. The van der Waals surface area contributed by atoms with Gasteiger partial charge in [-0.25, -0.2) is 0 Å². The van der Waals surface area contributed by atoms with Crippen molar-refractivity contribution in [2.45, 2.75) is 13.3 Å². The zero-order valence-electron chi connectivity index (χ0n) is 10.7. The zero-order chi connectivity index (χ0) is 13.5. The van der Waals surface area contributed by atoms with Gasteiger partial charge in [-0.1, -0.05) is 17.3 Å². The molecular formula is C13H16N4O2. The number of hydrogen-bond donors (Lipinski definition) is 2. The van der Waals surface area contributed by atoms with Crippen LogP contribution < -0.4 is 10.6 Å². The largest absolute Gasteiger partial charge is 0.343 e. The van der Waals surface area contributed by atoms with Crippen LogP contribution in [0.4, 0.5) is 5.69 Å². The number of amides is 1. The number of nitrogens with zero attached hydrogens (tertiary/aromatic N) is 2. The first-order valence-corrected chi connectivity index (χ1v) is 6.06. The smallest absolute Gasteiger partial charge is 0.238 e. The van der Waals surface area contributed by atoms with Crippen molar-refractivity contribution in [1.82, 2.24) is 15.5 Å². The summed E-state index contributed by atoms with van der Waals surface area (Å²) in [6.07, 6.45) is 1.92. The molecule has 1 aromatic heterocycles. The second kappa shape index (κ2) is 6.65. The predicted molar refractivity (Wildman–Crippen MR) is 70.7 cm³/mol. The Bertz CT molecular complexity index is 525. The van der Waals surface area contributed by atoms with Crippen LogP contribution in [0.25, 0.3) is 0 Å². The van der Waals surface area contributed by atoms with Crippen molar-refractivity contribution in [2.24, 2.45) is 0 Å². The summed E-state index contributed by atoms with van der Waals surface area (Å²) in [5.41, 5.74) is 1.92. The minimum atomic E-state index is -0.0706. The van der Waals surface area contributed by atoms with Gasteiger partial charge in [0.15, 0.2) is 5.82 Å². The summed E-state index contributed by atoms with van der Waals surface area (Å²) in [6.45, 7) is 2.87. The number of carbonyl (C=O) groups excluding carboxylic acids is 1. The molecule has 0 bridgehead atoms. The lowest BCUT2D eigenvalue weighted by Gasteiger charge is -2.06. The van der Waals surface area contributed by atoms with Crippen molar-refractivity contribution < 1.29 is 9.32 Å². The molecule has 2 rings (SSSR count). The molecule has 2 N–H and O–H groups in total. The van der Waals surface area contributed by atoms with Gasteiger partial charge in [0.2, 0.25) is 12.3 Å². The Hall–Kier alpha value is -2.21. The first kappa shape index (κ1) is 13.2. The lowest BCUT2D eigenvalue weighted by molar-refractivity contribution is -0.115. The van der Waals surface area contributed by atoms with Gasteiger partial charge in [0, 0.05) is 18.7 Å². The summed E-state index contributed by atoms with van der Waals surface area (Å²) >= 11 is 0. The third-order valence-electron chi connectivity index (χ3n) is 2.52. The van der Waals surface area contributed by atoms with E-state index in [0.29, 0.717) is 18.8 Å². The van der Waals surface area contributed by atoms with E-state index in [0.717, 1.165) is 11.3 Å². The van der Waals surface area contributed by atoms with Crippen LogP contribution in [-0.2, 0) is 11.2 Å². The molecule has 0 atom stereocenters. The highest BCUT2D eigenvalue weighted by molar-refractivity contribution is 5.92. The minimum Gasteiger partial charge on any atom is -0.343 e. The van der Waals surface area contributed by atoms with Gasteiger partial charge in [-0.2, -0.15) is 4.98 Å². The number of aromatic nitrogens is 2. The SMILES string of the molecule is Cc1cccc(NC(=O)CNCCc2ncon2)c1. The fourth-order valence-electron chi connectivity index (χ4n) is 1.63. The monoisotopic (exact) mass is 260 g/mol. The first-order valence-electron chi connectivity index (χ1n) is 6.06. The molecule has 0 aliphatic rings. The van der Waals surface area contributed by atoms with E-state index in [1.807, 2.05) is 31.2 Å². The van der Waals surface area contributed by atoms with Gasteiger partial charge in [0.25, 0.3) is 0 Å². The van der Waals surface area contributed by atoms with Crippen molar-refractivity contribution in [2.75, 3.05) is 18.4 Å². The number of rotatable bonds is 6. The molecule has 2 aromatic rings. The number of carbonyl (C=O) groups is 1. The van der Waals surface area contributed by atoms with Gasteiger partial charge in [-0.15, -0.1) is 0 Å². The lowest BCUT2D eigenvalue weighted by atomic mass is 10.2. The minimum absolute atomic E-state index is 0.0706. The molecule has 19 heavy (non-hydrogen) atoms. The topological polar surface area (TPSA) is 80.0 Å². The van der Waals surface area contributed by atoms with Gasteiger partial charge < -0.3 is 15.2 Å². The van der Waals surface area contributed by atoms with Crippen LogP contribution in [-0.4, -0.2) is 29.1 Å². The highest BCUT2D eigenvalue weighted by Gasteiger charge is 2.03. The van der Waals surface area contributed by atoms with Gasteiger partial charge in [0.1, 0.15) is 0 Å². The van der Waals surface area contributed by atoms with E-state index in [1.165, 1.54) is 6.39 Å². The van der Waals surface area contributed by atoms with E-state index in [-0.39, 0.29) is 12.5 Å². The van der Waals surface area contributed by atoms with Crippen LogP contribution in [0.2, 0.25) is 0 Å². The number of aryl methyl sites for hydroxylation is 1. The summed E-state index contributed by atoms with van der Waals surface area (Å²) in [7, 11) is 0. The van der Waals surface area contributed by atoms with Crippen LogP contribution >= 0.6 is 0 Å². The molecule has 6 nitrogen and oxygen atoms in total. The number of anilines is 1. The highest BCUT2D eigenvalue weighted by atomic mass is 16.5. The van der Waals surface area contributed by atoms with Crippen molar-refractivity contribution >= 4 is 11.6 Å². The Morgan fingerprint density at radius 2 is 2.32 bits per heavy atom. The van der Waals surface area contributed by atoms with Gasteiger partial charge in [-0.3, -0.25) is 4.79 Å². The fraction of sp³-hybridized carbons (Fsp3) is 0.308.